The van der Waals surface area contributed by atoms with Crippen LogP contribution < -0.4 is 10.6 Å². The molecule has 2 N–H and O–H groups in total. The highest BCUT2D eigenvalue weighted by Gasteiger charge is 2.14. The van der Waals surface area contributed by atoms with E-state index in [4.69, 9.17) is 0 Å². The Bertz CT molecular complexity index is 456. The van der Waals surface area contributed by atoms with E-state index < -0.39 is 0 Å². The molecule has 1 aliphatic heterocycles. The maximum absolute atomic E-state index is 12.2. The van der Waals surface area contributed by atoms with Crippen molar-refractivity contribution in [3.8, 4) is 0 Å². The van der Waals surface area contributed by atoms with E-state index >= 15 is 0 Å². The topological polar surface area (TPSA) is 41.1 Å². The second kappa shape index (κ2) is 7.44. The molecule has 0 aliphatic carbocycles. The lowest BCUT2D eigenvalue weighted by atomic mass is 9.99. The van der Waals surface area contributed by atoms with Crippen molar-refractivity contribution in [1.29, 1.82) is 0 Å². The van der Waals surface area contributed by atoms with Crippen LogP contribution in [0.4, 0.5) is 0 Å². The number of benzene rings is 1. The molecular weight excluding hydrogens is 248 g/mol. The van der Waals surface area contributed by atoms with Gasteiger partial charge >= 0.3 is 0 Å². The lowest BCUT2D eigenvalue weighted by Crippen LogP contribution is -2.29. The molecule has 3 nitrogen and oxygen atoms in total. The lowest BCUT2D eigenvalue weighted by molar-refractivity contribution is 0.0945. The second-order valence-electron chi connectivity index (χ2n) is 5.71. The summed E-state index contributed by atoms with van der Waals surface area (Å²) in [5.41, 5.74) is 3.37. The fourth-order valence-electron chi connectivity index (χ4n) is 2.72. The Labute approximate surface area is 122 Å². The number of rotatable bonds is 7. The van der Waals surface area contributed by atoms with E-state index in [0.29, 0.717) is 5.92 Å². The average molecular weight is 274 g/mol. The Morgan fingerprint density at radius 2 is 2.10 bits per heavy atom. The molecule has 1 aromatic carbocycles. The summed E-state index contributed by atoms with van der Waals surface area (Å²) in [7, 11) is 0. The van der Waals surface area contributed by atoms with Crippen LogP contribution in [-0.2, 0) is 13.1 Å². The van der Waals surface area contributed by atoms with Crippen LogP contribution in [0.3, 0.4) is 0 Å². The van der Waals surface area contributed by atoms with Crippen LogP contribution in [0.1, 0.15) is 61.0 Å². The van der Waals surface area contributed by atoms with Gasteiger partial charge in [0.05, 0.1) is 0 Å². The molecule has 20 heavy (non-hydrogen) atoms. The zero-order chi connectivity index (χ0) is 14.4. The van der Waals surface area contributed by atoms with Crippen LogP contribution in [0.5, 0.6) is 0 Å². The Balaban J connectivity index is 1.88. The molecular formula is C17H26N2O. The van der Waals surface area contributed by atoms with Gasteiger partial charge in [0.15, 0.2) is 0 Å². The minimum Gasteiger partial charge on any atom is -0.352 e. The molecule has 1 atom stereocenters. The summed E-state index contributed by atoms with van der Waals surface area (Å²) in [5, 5.41) is 6.40. The predicted molar refractivity (Wildman–Crippen MR) is 82.6 cm³/mol. The number of amides is 1. The van der Waals surface area contributed by atoms with Gasteiger partial charge in [-0.2, -0.15) is 0 Å². The summed E-state index contributed by atoms with van der Waals surface area (Å²) in [6.45, 7) is 7.01. The van der Waals surface area contributed by atoms with Gasteiger partial charge < -0.3 is 10.6 Å². The number of carbonyl (C=O) groups excluding carboxylic acids is 1. The quantitative estimate of drug-likeness (QED) is 0.801. The Kier molecular flexibility index (Phi) is 5.60. The molecule has 0 radical (unpaired) electrons. The normalized spacial score (nSPS) is 14.9. The van der Waals surface area contributed by atoms with Gasteiger partial charge in [-0.05, 0) is 35.6 Å². The zero-order valence-corrected chi connectivity index (χ0v) is 12.7. The lowest BCUT2D eigenvalue weighted by Gasteiger charge is -2.15. The Morgan fingerprint density at radius 3 is 2.85 bits per heavy atom. The first-order chi connectivity index (χ1) is 9.74. The molecule has 1 aromatic rings. The summed E-state index contributed by atoms with van der Waals surface area (Å²) < 4.78 is 0. The van der Waals surface area contributed by atoms with Crippen molar-refractivity contribution < 1.29 is 4.79 Å². The zero-order valence-electron chi connectivity index (χ0n) is 12.7. The first kappa shape index (κ1) is 15.0. The maximum Gasteiger partial charge on any atom is 0.251 e. The molecule has 1 amide bonds. The standard InChI is InChI=1S/C17H26N2O/c1-3-5-6-13(4-2)10-19-17(20)14-7-8-15-11-18-12-16(15)9-14/h7-9,13,18H,3-6,10-12H2,1-2H3,(H,19,20). The summed E-state index contributed by atoms with van der Waals surface area (Å²) in [6.07, 6.45) is 4.82. The molecule has 0 saturated carbocycles. The summed E-state index contributed by atoms with van der Waals surface area (Å²) >= 11 is 0. The number of hydrogen-bond donors (Lipinski definition) is 2. The van der Waals surface area contributed by atoms with Crippen LogP contribution in [0, 0.1) is 5.92 Å². The van der Waals surface area contributed by atoms with Crippen molar-refractivity contribution >= 4 is 5.91 Å². The van der Waals surface area contributed by atoms with Gasteiger partial charge in [0, 0.05) is 25.2 Å². The van der Waals surface area contributed by atoms with Crippen molar-refractivity contribution in [2.75, 3.05) is 6.54 Å². The van der Waals surface area contributed by atoms with Gasteiger partial charge in [0.25, 0.3) is 5.91 Å². The van der Waals surface area contributed by atoms with Crippen LogP contribution in [0.25, 0.3) is 0 Å². The van der Waals surface area contributed by atoms with Gasteiger partial charge in [-0.15, -0.1) is 0 Å². The van der Waals surface area contributed by atoms with E-state index in [-0.39, 0.29) is 5.91 Å². The number of hydrogen-bond acceptors (Lipinski definition) is 2. The minimum absolute atomic E-state index is 0.0645. The Hall–Kier alpha value is -1.35. The van der Waals surface area contributed by atoms with Crippen molar-refractivity contribution in [2.24, 2.45) is 5.92 Å². The molecule has 1 unspecified atom stereocenters. The van der Waals surface area contributed by atoms with Crippen molar-refractivity contribution in [2.45, 2.75) is 52.6 Å². The smallest absolute Gasteiger partial charge is 0.251 e. The van der Waals surface area contributed by atoms with E-state index in [9.17, 15) is 4.79 Å². The molecule has 110 valence electrons. The van der Waals surface area contributed by atoms with Gasteiger partial charge in [-0.25, -0.2) is 0 Å². The first-order valence-electron chi connectivity index (χ1n) is 7.85. The number of carbonyl (C=O) groups is 1. The predicted octanol–water partition coefficient (Wildman–Crippen LogP) is 3.24. The third-order valence-electron chi connectivity index (χ3n) is 4.19. The van der Waals surface area contributed by atoms with Crippen LogP contribution >= 0.6 is 0 Å². The molecule has 0 aromatic heterocycles. The molecule has 3 heteroatoms. The summed E-state index contributed by atoms with van der Waals surface area (Å²) in [6, 6.07) is 6.03. The SMILES string of the molecule is CCCCC(CC)CNC(=O)c1ccc2c(c1)CNC2. The van der Waals surface area contributed by atoms with Crippen LogP contribution in [0.15, 0.2) is 18.2 Å². The average Bonchev–Trinajstić information content (AvgIpc) is 2.94. The van der Waals surface area contributed by atoms with E-state index in [1.165, 1.54) is 30.4 Å². The molecule has 0 fully saturated rings. The summed E-state index contributed by atoms with van der Waals surface area (Å²) in [4.78, 5) is 12.2. The Morgan fingerprint density at radius 1 is 1.30 bits per heavy atom. The third kappa shape index (κ3) is 3.83. The molecule has 0 saturated heterocycles. The third-order valence-corrected chi connectivity index (χ3v) is 4.19. The number of fused-ring (bicyclic) bond motifs is 1. The van der Waals surface area contributed by atoms with Crippen LogP contribution in [-0.4, -0.2) is 12.5 Å². The van der Waals surface area contributed by atoms with Gasteiger partial charge in [0.1, 0.15) is 0 Å². The van der Waals surface area contributed by atoms with Gasteiger partial charge in [-0.1, -0.05) is 39.2 Å². The minimum atomic E-state index is 0.0645. The molecule has 1 heterocycles. The van der Waals surface area contributed by atoms with Crippen molar-refractivity contribution in [1.82, 2.24) is 10.6 Å². The number of unbranched alkanes of at least 4 members (excludes halogenated alkanes) is 1. The van der Waals surface area contributed by atoms with Crippen molar-refractivity contribution in [3.63, 3.8) is 0 Å². The monoisotopic (exact) mass is 274 g/mol. The molecule has 0 bridgehead atoms. The van der Waals surface area contributed by atoms with Crippen LogP contribution in [0.2, 0.25) is 0 Å². The van der Waals surface area contributed by atoms with Crippen molar-refractivity contribution in [3.05, 3.63) is 34.9 Å². The van der Waals surface area contributed by atoms with E-state index in [2.05, 4.69) is 30.5 Å². The van der Waals surface area contributed by atoms with Gasteiger partial charge in [-0.3, -0.25) is 4.79 Å². The number of nitrogens with one attached hydrogen (secondary N) is 2. The van der Waals surface area contributed by atoms with Gasteiger partial charge in [0.2, 0.25) is 0 Å². The highest BCUT2D eigenvalue weighted by molar-refractivity contribution is 5.94. The molecule has 1 aliphatic rings. The highest BCUT2D eigenvalue weighted by atomic mass is 16.1. The fourth-order valence-corrected chi connectivity index (χ4v) is 2.72. The maximum atomic E-state index is 12.2. The highest BCUT2D eigenvalue weighted by Crippen LogP contribution is 2.17. The van der Waals surface area contributed by atoms with E-state index in [1.54, 1.807) is 0 Å². The largest absolute Gasteiger partial charge is 0.352 e. The van der Waals surface area contributed by atoms with E-state index in [0.717, 1.165) is 31.6 Å². The molecule has 2 rings (SSSR count). The fraction of sp³-hybridized carbons (Fsp3) is 0.588. The first-order valence-corrected chi connectivity index (χ1v) is 7.85. The summed E-state index contributed by atoms with van der Waals surface area (Å²) in [5.74, 6) is 0.671. The second-order valence-corrected chi connectivity index (χ2v) is 5.71. The molecule has 0 spiro atoms. The van der Waals surface area contributed by atoms with E-state index in [1.807, 2.05) is 12.1 Å².